The molecule has 146 valence electrons. The minimum atomic E-state index is -3.59. The quantitative estimate of drug-likeness (QED) is 0.743. The lowest BCUT2D eigenvalue weighted by Crippen LogP contribution is -2.50. The SMILES string of the molecule is CCCC[C@]1(CC)CS(=O)(=O)c2cc(O)c(Cl)cc2C(c2ccccc2)N1. The number of unbranched alkanes of at least 4 members (excludes halogenated alkanes) is 1. The van der Waals surface area contributed by atoms with Crippen LogP contribution in [0.3, 0.4) is 0 Å². The number of sulfone groups is 1. The van der Waals surface area contributed by atoms with Gasteiger partial charge in [0.25, 0.3) is 0 Å². The Bertz CT molecular complexity index is 915. The van der Waals surface area contributed by atoms with Crippen LogP contribution in [0.4, 0.5) is 0 Å². The van der Waals surface area contributed by atoms with E-state index in [-0.39, 0.29) is 27.5 Å². The number of halogens is 1. The van der Waals surface area contributed by atoms with Gasteiger partial charge in [0.15, 0.2) is 9.84 Å². The zero-order valence-corrected chi connectivity index (χ0v) is 17.3. The molecule has 3 rings (SSSR count). The van der Waals surface area contributed by atoms with Crippen LogP contribution < -0.4 is 5.32 Å². The van der Waals surface area contributed by atoms with E-state index < -0.39 is 15.4 Å². The largest absolute Gasteiger partial charge is 0.506 e. The summed E-state index contributed by atoms with van der Waals surface area (Å²) in [6, 6.07) is 12.4. The van der Waals surface area contributed by atoms with Crippen molar-refractivity contribution in [1.29, 1.82) is 0 Å². The van der Waals surface area contributed by atoms with Crippen molar-refractivity contribution in [2.45, 2.75) is 56.0 Å². The fraction of sp³-hybridized carbons (Fsp3) is 0.429. The van der Waals surface area contributed by atoms with Crippen LogP contribution in [-0.4, -0.2) is 24.8 Å². The third kappa shape index (κ3) is 4.00. The van der Waals surface area contributed by atoms with Crippen molar-refractivity contribution in [3.8, 4) is 5.75 Å². The maximum absolute atomic E-state index is 13.3. The molecule has 0 radical (unpaired) electrons. The van der Waals surface area contributed by atoms with E-state index in [4.69, 9.17) is 11.6 Å². The molecular weight excluding hydrogens is 382 g/mol. The number of aromatic hydroxyl groups is 1. The van der Waals surface area contributed by atoms with Crippen molar-refractivity contribution < 1.29 is 13.5 Å². The van der Waals surface area contributed by atoms with Crippen LogP contribution in [0.5, 0.6) is 5.75 Å². The minimum Gasteiger partial charge on any atom is -0.506 e. The van der Waals surface area contributed by atoms with Crippen LogP contribution in [0.25, 0.3) is 0 Å². The molecule has 1 heterocycles. The molecule has 2 aromatic rings. The second-order valence-electron chi connectivity index (χ2n) is 7.33. The summed E-state index contributed by atoms with van der Waals surface area (Å²) in [5.41, 5.74) is 1.04. The number of phenolic OH excluding ortho intramolecular Hbond substituents is 1. The molecule has 2 N–H and O–H groups in total. The van der Waals surface area contributed by atoms with Gasteiger partial charge in [-0.3, -0.25) is 5.32 Å². The van der Waals surface area contributed by atoms with Crippen molar-refractivity contribution in [2.75, 3.05) is 5.75 Å². The first kappa shape index (κ1) is 20.2. The fourth-order valence-electron chi connectivity index (χ4n) is 3.87. The molecule has 0 saturated heterocycles. The molecule has 6 heteroatoms. The molecule has 1 aliphatic rings. The molecule has 0 bridgehead atoms. The van der Waals surface area contributed by atoms with Crippen molar-refractivity contribution in [3.05, 3.63) is 58.6 Å². The molecule has 1 aliphatic heterocycles. The second kappa shape index (κ2) is 7.82. The maximum Gasteiger partial charge on any atom is 0.180 e. The van der Waals surface area contributed by atoms with E-state index in [0.29, 0.717) is 12.0 Å². The Labute approximate surface area is 166 Å². The first-order valence-electron chi connectivity index (χ1n) is 9.40. The van der Waals surface area contributed by atoms with Gasteiger partial charge >= 0.3 is 0 Å². The van der Waals surface area contributed by atoms with E-state index in [2.05, 4.69) is 12.2 Å². The Hall–Kier alpha value is -1.56. The van der Waals surface area contributed by atoms with E-state index in [9.17, 15) is 13.5 Å². The molecule has 0 amide bonds. The van der Waals surface area contributed by atoms with Crippen LogP contribution in [0.15, 0.2) is 47.4 Å². The Morgan fingerprint density at radius 3 is 2.56 bits per heavy atom. The van der Waals surface area contributed by atoms with Crippen LogP contribution in [0.2, 0.25) is 5.02 Å². The lowest BCUT2D eigenvalue weighted by Gasteiger charge is -2.35. The van der Waals surface area contributed by atoms with E-state index >= 15 is 0 Å². The van der Waals surface area contributed by atoms with Crippen molar-refractivity contribution in [1.82, 2.24) is 5.32 Å². The Morgan fingerprint density at radius 1 is 1.22 bits per heavy atom. The summed E-state index contributed by atoms with van der Waals surface area (Å²) < 4.78 is 26.6. The molecule has 2 atom stereocenters. The van der Waals surface area contributed by atoms with Gasteiger partial charge in [-0.1, -0.05) is 68.6 Å². The molecule has 0 spiro atoms. The summed E-state index contributed by atoms with van der Waals surface area (Å²) in [6.45, 7) is 4.14. The number of hydrogen-bond donors (Lipinski definition) is 2. The number of fused-ring (bicyclic) bond motifs is 1. The summed E-state index contributed by atoms with van der Waals surface area (Å²) in [4.78, 5) is 0.164. The summed E-state index contributed by atoms with van der Waals surface area (Å²) in [5, 5.41) is 13.9. The highest BCUT2D eigenvalue weighted by molar-refractivity contribution is 7.91. The molecule has 0 aliphatic carbocycles. The van der Waals surface area contributed by atoms with Crippen molar-refractivity contribution in [3.63, 3.8) is 0 Å². The van der Waals surface area contributed by atoms with Crippen LogP contribution in [0.1, 0.15) is 56.7 Å². The highest BCUT2D eigenvalue weighted by Gasteiger charge is 2.42. The highest BCUT2D eigenvalue weighted by atomic mass is 35.5. The predicted molar refractivity (Wildman–Crippen MR) is 109 cm³/mol. The van der Waals surface area contributed by atoms with Crippen molar-refractivity contribution >= 4 is 21.4 Å². The highest BCUT2D eigenvalue weighted by Crippen LogP contribution is 2.41. The molecule has 0 aromatic heterocycles. The second-order valence-corrected chi connectivity index (χ2v) is 9.69. The molecule has 27 heavy (non-hydrogen) atoms. The zero-order chi connectivity index (χ0) is 19.7. The minimum absolute atomic E-state index is 0.00784. The number of hydrogen-bond acceptors (Lipinski definition) is 4. The average molecular weight is 408 g/mol. The van der Waals surface area contributed by atoms with Gasteiger partial charge in [-0.25, -0.2) is 8.42 Å². The standard InChI is InChI=1S/C21H26ClNO3S/c1-3-5-11-21(4-2)14-27(25,26)19-13-18(24)17(22)12-16(19)20(23-21)15-9-7-6-8-10-15/h6-10,12-13,20,23-24H,3-5,11,14H2,1-2H3/t20?,21-/m1/s1. The number of rotatable bonds is 5. The summed E-state index contributed by atoms with van der Waals surface area (Å²) in [7, 11) is -3.59. The first-order chi connectivity index (χ1) is 12.8. The van der Waals surface area contributed by atoms with Gasteiger partial charge < -0.3 is 5.11 Å². The van der Waals surface area contributed by atoms with E-state index in [0.717, 1.165) is 24.8 Å². The summed E-state index contributed by atoms with van der Waals surface area (Å²) >= 11 is 6.16. The Balaban J connectivity index is 2.24. The van der Waals surface area contributed by atoms with E-state index in [1.807, 2.05) is 37.3 Å². The van der Waals surface area contributed by atoms with Gasteiger partial charge in [0.05, 0.1) is 21.7 Å². The van der Waals surface area contributed by atoms with Gasteiger partial charge in [0, 0.05) is 11.6 Å². The number of nitrogens with one attached hydrogen (secondary N) is 1. The molecule has 0 fully saturated rings. The number of benzene rings is 2. The van der Waals surface area contributed by atoms with E-state index in [1.54, 1.807) is 6.07 Å². The fourth-order valence-corrected chi connectivity index (χ4v) is 6.18. The molecule has 2 aromatic carbocycles. The lowest BCUT2D eigenvalue weighted by molar-refractivity contribution is 0.295. The Kier molecular flexibility index (Phi) is 5.84. The van der Waals surface area contributed by atoms with Gasteiger partial charge in [-0.2, -0.15) is 0 Å². The van der Waals surface area contributed by atoms with E-state index in [1.165, 1.54) is 6.07 Å². The van der Waals surface area contributed by atoms with Crippen molar-refractivity contribution in [2.24, 2.45) is 0 Å². The predicted octanol–water partition coefficient (Wildman–Crippen LogP) is 4.85. The molecule has 0 saturated carbocycles. The van der Waals surface area contributed by atoms with Crippen LogP contribution in [0, 0.1) is 0 Å². The monoisotopic (exact) mass is 407 g/mol. The topological polar surface area (TPSA) is 66.4 Å². The third-order valence-electron chi connectivity index (χ3n) is 5.46. The zero-order valence-electron chi connectivity index (χ0n) is 15.7. The molecule has 4 nitrogen and oxygen atoms in total. The maximum atomic E-state index is 13.3. The average Bonchev–Trinajstić information content (AvgIpc) is 2.75. The first-order valence-corrected chi connectivity index (χ1v) is 11.4. The van der Waals surface area contributed by atoms with Crippen LogP contribution in [-0.2, 0) is 9.84 Å². The van der Waals surface area contributed by atoms with Gasteiger partial charge in [-0.05, 0) is 30.0 Å². The lowest BCUT2D eigenvalue weighted by atomic mass is 9.88. The van der Waals surface area contributed by atoms with Gasteiger partial charge in [0.1, 0.15) is 5.75 Å². The number of phenols is 1. The molecular formula is C21H26ClNO3S. The smallest absolute Gasteiger partial charge is 0.180 e. The summed E-state index contributed by atoms with van der Waals surface area (Å²) in [6.07, 6.45) is 3.42. The van der Waals surface area contributed by atoms with Crippen LogP contribution >= 0.6 is 11.6 Å². The van der Waals surface area contributed by atoms with Gasteiger partial charge in [-0.15, -0.1) is 0 Å². The van der Waals surface area contributed by atoms with Gasteiger partial charge in [0.2, 0.25) is 0 Å². The third-order valence-corrected chi connectivity index (χ3v) is 7.72. The summed E-state index contributed by atoms with van der Waals surface area (Å²) in [5.74, 6) is -0.197. The normalized spacial score (nSPS) is 24.2. The molecule has 1 unspecified atom stereocenters. The Morgan fingerprint density at radius 2 is 1.93 bits per heavy atom.